The molecule has 0 saturated carbocycles. The molecule has 0 saturated heterocycles. The van der Waals surface area contributed by atoms with Crippen LogP contribution in [-0.4, -0.2) is 28.0 Å². The van der Waals surface area contributed by atoms with E-state index in [1.165, 1.54) is 10.9 Å². The zero-order valence-electron chi connectivity index (χ0n) is 7.67. The smallest absolute Gasteiger partial charge is 1.00 e. The van der Waals surface area contributed by atoms with Gasteiger partial charge in [-0.1, -0.05) is 18.2 Å². The van der Waals surface area contributed by atoms with Crippen molar-refractivity contribution >= 4 is 34.0 Å². The average molecular weight is 143 g/mol. The minimum absolute atomic E-state index is 0. The van der Waals surface area contributed by atoms with E-state index in [-0.39, 0.29) is 25.9 Å². The van der Waals surface area contributed by atoms with Gasteiger partial charge in [0.15, 0.2) is 0 Å². The van der Waals surface area contributed by atoms with Crippen LogP contribution in [0.1, 0.15) is 2.85 Å². The quantitative estimate of drug-likeness (QED) is 0.543. The van der Waals surface area contributed by atoms with Crippen LogP contribution < -0.4 is 0 Å². The Labute approximate surface area is 78.6 Å². The molecule has 1 aromatic carbocycles. The summed E-state index contributed by atoms with van der Waals surface area (Å²) in [6.45, 7) is 0. The molecule has 2 rings (SSSR count). The Kier molecular flexibility index (Phi) is 2.35. The summed E-state index contributed by atoms with van der Waals surface area (Å²) in [6.07, 6.45) is 1.95. The third kappa shape index (κ3) is 1.17. The van der Waals surface area contributed by atoms with Crippen LogP contribution in [0, 0.1) is 0 Å². The van der Waals surface area contributed by atoms with Gasteiger partial charge in [0.25, 0.3) is 0 Å². The predicted molar refractivity (Wildman–Crippen MR) is 46.3 cm³/mol. The fraction of sp³-hybridized carbons (Fsp3) is 0. The second kappa shape index (κ2) is 3.08. The fourth-order valence-corrected chi connectivity index (χ4v) is 0.995. The Balaban J connectivity index is 0. The summed E-state index contributed by atoms with van der Waals surface area (Å²) in [5.41, 5.74) is 1.21. The third-order valence-corrected chi connectivity index (χ3v) is 1.46. The van der Waals surface area contributed by atoms with Crippen molar-refractivity contribution < 1.29 is 2.85 Å². The maximum atomic E-state index is 3.12. The van der Waals surface area contributed by atoms with Gasteiger partial charge in [-0.2, -0.15) is 0 Å². The Hall–Kier alpha value is -0.474. The van der Waals surface area contributed by atoms with Crippen molar-refractivity contribution in [3.8, 4) is 0 Å². The molecule has 0 bridgehead atoms. The number of nitrogens with one attached hydrogen (secondary N) is 1. The van der Waals surface area contributed by atoms with Crippen molar-refractivity contribution in [3.05, 3.63) is 36.5 Å². The first-order valence-electron chi connectivity index (χ1n) is 2.99. The van der Waals surface area contributed by atoms with E-state index in [0.29, 0.717) is 0 Å². The van der Waals surface area contributed by atoms with Crippen molar-refractivity contribution in [3.63, 3.8) is 0 Å². The molecule has 0 amide bonds. The van der Waals surface area contributed by atoms with E-state index in [4.69, 9.17) is 0 Å². The molecule has 0 aliphatic rings. The van der Waals surface area contributed by atoms with E-state index < -0.39 is 0 Å². The van der Waals surface area contributed by atoms with Gasteiger partial charge in [0.1, 0.15) is 0 Å². The molecule has 1 heterocycles. The molecule has 0 fully saturated rings. The minimum atomic E-state index is 0. The topological polar surface area (TPSA) is 15.8 Å². The summed E-state index contributed by atoms with van der Waals surface area (Å²) in [6, 6.07) is 10.3. The molecule has 1 aromatic heterocycles. The molecular weight excluding hydrogens is 134 g/mol. The third-order valence-electron chi connectivity index (χ3n) is 1.46. The van der Waals surface area contributed by atoms with Crippen molar-refractivity contribution in [1.82, 2.24) is 4.98 Å². The first-order chi connectivity index (χ1) is 4.47. The van der Waals surface area contributed by atoms with Crippen LogP contribution in [0.3, 0.4) is 0 Å². The van der Waals surface area contributed by atoms with Crippen LogP contribution in [0.4, 0.5) is 0 Å². The summed E-state index contributed by atoms with van der Waals surface area (Å²) < 4.78 is 0. The maximum Gasteiger partial charge on any atom is 2.00 e. The Morgan fingerprint density at radius 3 is 2.70 bits per heavy atom. The zero-order chi connectivity index (χ0) is 6.10. The van der Waals surface area contributed by atoms with E-state index in [1.807, 2.05) is 18.3 Å². The van der Waals surface area contributed by atoms with Crippen LogP contribution >= 0.6 is 0 Å². The molecule has 1 nitrogen and oxygen atoms in total. The van der Waals surface area contributed by atoms with Crippen molar-refractivity contribution in [2.24, 2.45) is 0 Å². The molecule has 0 aliphatic heterocycles. The van der Waals surface area contributed by atoms with Gasteiger partial charge in [0, 0.05) is 11.7 Å². The van der Waals surface area contributed by atoms with Crippen molar-refractivity contribution in [2.45, 2.75) is 0 Å². The standard InChI is InChI=1S/C8H7N.Mg.2H/c1-2-4-8-7(3-1)5-6-9-8;;;/h1-6,9H;;;/q;+2;2*-1. The van der Waals surface area contributed by atoms with Crippen LogP contribution in [0.5, 0.6) is 0 Å². The largest absolute Gasteiger partial charge is 2.00 e. The summed E-state index contributed by atoms with van der Waals surface area (Å²) in [4.78, 5) is 3.12. The molecule has 0 unspecified atom stereocenters. The number of H-pyrrole nitrogens is 1. The minimum Gasteiger partial charge on any atom is -1.00 e. The average Bonchev–Trinajstić information content (AvgIpc) is 2.33. The summed E-state index contributed by atoms with van der Waals surface area (Å²) >= 11 is 0. The number of benzene rings is 1. The molecule has 0 radical (unpaired) electrons. The second-order valence-corrected chi connectivity index (χ2v) is 2.06. The SMILES string of the molecule is [H-].[H-].[Mg+2].c1ccc2[nH]ccc2c1. The number of aromatic amines is 1. The predicted octanol–water partition coefficient (Wildman–Crippen LogP) is 2.01. The normalized spacial score (nSPS) is 9.20. The van der Waals surface area contributed by atoms with Gasteiger partial charge in [0.05, 0.1) is 0 Å². The maximum absolute atomic E-state index is 3.12. The van der Waals surface area contributed by atoms with E-state index in [0.717, 1.165) is 0 Å². The van der Waals surface area contributed by atoms with Gasteiger partial charge in [0.2, 0.25) is 0 Å². The number of rotatable bonds is 0. The van der Waals surface area contributed by atoms with E-state index >= 15 is 0 Å². The molecule has 0 aliphatic carbocycles. The van der Waals surface area contributed by atoms with Gasteiger partial charge >= 0.3 is 23.1 Å². The van der Waals surface area contributed by atoms with Crippen molar-refractivity contribution in [2.75, 3.05) is 0 Å². The van der Waals surface area contributed by atoms with Gasteiger partial charge < -0.3 is 7.84 Å². The Bertz CT molecular complexity index is 291. The Morgan fingerprint density at radius 1 is 1.10 bits per heavy atom. The van der Waals surface area contributed by atoms with Gasteiger partial charge in [-0.15, -0.1) is 0 Å². The monoisotopic (exact) mass is 143 g/mol. The molecule has 2 heteroatoms. The van der Waals surface area contributed by atoms with Gasteiger partial charge in [-0.05, 0) is 17.5 Å². The number of para-hydroxylation sites is 1. The summed E-state index contributed by atoms with van der Waals surface area (Å²) in [7, 11) is 0. The van der Waals surface area contributed by atoms with Crippen LogP contribution in [-0.2, 0) is 0 Å². The fourth-order valence-electron chi connectivity index (χ4n) is 0.995. The second-order valence-electron chi connectivity index (χ2n) is 2.06. The molecule has 10 heavy (non-hydrogen) atoms. The van der Waals surface area contributed by atoms with E-state index in [1.54, 1.807) is 0 Å². The first-order valence-corrected chi connectivity index (χ1v) is 2.99. The molecular formula is C8H9MgN. The van der Waals surface area contributed by atoms with Crippen LogP contribution in [0.2, 0.25) is 0 Å². The van der Waals surface area contributed by atoms with Gasteiger partial charge in [-0.25, -0.2) is 0 Å². The summed E-state index contributed by atoms with van der Waals surface area (Å²) in [5, 5.41) is 1.28. The zero-order valence-corrected chi connectivity index (χ0v) is 7.09. The molecule has 0 spiro atoms. The van der Waals surface area contributed by atoms with Crippen LogP contribution in [0.15, 0.2) is 36.5 Å². The number of hydrogen-bond donors (Lipinski definition) is 1. The number of fused-ring (bicyclic) bond motifs is 1. The molecule has 0 atom stereocenters. The molecule has 1 N–H and O–H groups in total. The van der Waals surface area contributed by atoms with Crippen LogP contribution in [0.25, 0.3) is 10.9 Å². The van der Waals surface area contributed by atoms with Crippen molar-refractivity contribution in [1.29, 1.82) is 0 Å². The number of aromatic nitrogens is 1. The summed E-state index contributed by atoms with van der Waals surface area (Å²) in [5.74, 6) is 0. The van der Waals surface area contributed by atoms with E-state index in [9.17, 15) is 0 Å². The molecule has 48 valence electrons. The first kappa shape index (κ1) is 7.63. The molecule has 2 aromatic rings. The Morgan fingerprint density at radius 2 is 1.90 bits per heavy atom. The van der Waals surface area contributed by atoms with Gasteiger partial charge in [-0.3, -0.25) is 0 Å². The van der Waals surface area contributed by atoms with E-state index in [2.05, 4.69) is 23.2 Å². The number of hydrogen-bond acceptors (Lipinski definition) is 0.